The molecule has 10 aromatic rings. The minimum absolute atomic E-state index is 0.841. The SMILES string of the molecule is c1ccc(-c2cc(-c3ccccc3)cc(-n3ccc4c3ccc3c5ccccc5n(-c5cccc(N6c7ccccc7Oc7ccccc76)c5)c34)c2)cc1. The molecule has 0 spiro atoms. The summed E-state index contributed by atoms with van der Waals surface area (Å²) in [7, 11) is 0. The molecule has 0 radical (unpaired) electrons. The Morgan fingerprint density at radius 3 is 1.67 bits per heavy atom. The van der Waals surface area contributed by atoms with Crippen molar-refractivity contribution in [2.45, 2.75) is 0 Å². The summed E-state index contributed by atoms with van der Waals surface area (Å²) in [4.78, 5) is 2.31. The second-order valence-electron chi connectivity index (χ2n) is 13.8. The lowest BCUT2D eigenvalue weighted by atomic mass is 9.98. The maximum Gasteiger partial charge on any atom is 0.151 e. The highest BCUT2D eigenvalue weighted by Gasteiger charge is 2.26. The predicted molar refractivity (Wildman–Crippen MR) is 223 cm³/mol. The highest BCUT2D eigenvalue weighted by molar-refractivity contribution is 6.18. The van der Waals surface area contributed by atoms with E-state index in [1.807, 2.05) is 24.3 Å². The summed E-state index contributed by atoms with van der Waals surface area (Å²) in [6.07, 6.45) is 2.23. The lowest BCUT2D eigenvalue weighted by Crippen LogP contribution is -2.15. The van der Waals surface area contributed by atoms with Crippen LogP contribution in [0.5, 0.6) is 11.5 Å². The molecule has 2 aromatic heterocycles. The van der Waals surface area contributed by atoms with Crippen molar-refractivity contribution in [3.05, 3.63) is 200 Å². The molecule has 8 aromatic carbocycles. The van der Waals surface area contributed by atoms with Gasteiger partial charge in [-0.3, -0.25) is 0 Å². The van der Waals surface area contributed by atoms with Gasteiger partial charge >= 0.3 is 0 Å². The van der Waals surface area contributed by atoms with Gasteiger partial charge in [0.1, 0.15) is 0 Å². The van der Waals surface area contributed by atoms with Crippen molar-refractivity contribution in [1.29, 1.82) is 0 Å². The molecule has 1 aliphatic rings. The first kappa shape index (κ1) is 30.3. The van der Waals surface area contributed by atoms with Gasteiger partial charge in [-0.15, -0.1) is 0 Å². The first-order valence-electron chi connectivity index (χ1n) is 18.3. The van der Waals surface area contributed by atoms with Crippen LogP contribution in [0.3, 0.4) is 0 Å². The van der Waals surface area contributed by atoms with Crippen molar-refractivity contribution in [2.24, 2.45) is 0 Å². The fourth-order valence-electron chi connectivity index (χ4n) is 8.27. The third-order valence-corrected chi connectivity index (χ3v) is 10.7. The number of ether oxygens (including phenoxy) is 1. The van der Waals surface area contributed by atoms with E-state index in [1.54, 1.807) is 0 Å². The number of rotatable bonds is 5. The molecular weight excluding hydrogens is 659 g/mol. The molecule has 0 amide bonds. The number of hydrogen-bond donors (Lipinski definition) is 0. The van der Waals surface area contributed by atoms with Crippen LogP contribution in [0, 0.1) is 0 Å². The number of hydrogen-bond acceptors (Lipinski definition) is 2. The molecule has 54 heavy (non-hydrogen) atoms. The molecule has 254 valence electrons. The summed E-state index contributed by atoms with van der Waals surface area (Å²) in [5.74, 6) is 1.68. The van der Waals surface area contributed by atoms with Crippen molar-refractivity contribution >= 4 is 49.8 Å². The third-order valence-electron chi connectivity index (χ3n) is 10.7. The summed E-state index contributed by atoms with van der Waals surface area (Å²) in [6, 6.07) is 69.2. The summed E-state index contributed by atoms with van der Waals surface area (Å²) in [5, 5.41) is 3.65. The van der Waals surface area contributed by atoms with Crippen molar-refractivity contribution in [2.75, 3.05) is 4.90 Å². The molecule has 3 heterocycles. The first-order chi connectivity index (χ1) is 26.8. The van der Waals surface area contributed by atoms with Crippen molar-refractivity contribution < 1.29 is 4.74 Å². The van der Waals surface area contributed by atoms with E-state index in [9.17, 15) is 0 Å². The lowest BCUT2D eigenvalue weighted by molar-refractivity contribution is 0.477. The molecule has 0 fully saturated rings. The van der Waals surface area contributed by atoms with Gasteiger partial charge in [-0.1, -0.05) is 115 Å². The molecule has 0 aliphatic carbocycles. The van der Waals surface area contributed by atoms with Gasteiger partial charge in [0.15, 0.2) is 11.5 Å². The Balaban J connectivity index is 1.13. The van der Waals surface area contributed by atoms with E-state index >= 15 is 0 Å². The molecule has 0 bridgehead atoms. The summed E-state index contributed by atoms with van der Waals surface area (Å²) in [5.41, 5.74) is 13.6. The molecule has 0 unspecified atom stereocenters. The minimum Gasteiger partial charge on any atom is -0.453 e. The summed E-state index contributed by atoms with van der Waals surface area (Å²) < 4.78 is 11.1. The van der Waals surface area contributed by atoms with Gasteiger partial charge in [-0.25, -0.2) is 0 Å². The topological polar surface area (TPSA) is 22.3 Å². The zero-order chi connectivity index (χ0) is 35.6. The van der Waals surface area contributed by atoms with Crippen LogP contribution in [0.4, 0.5) is 17.1 Å². The van der Waals surface area contributed by atoms with E-state index in [4.69, 9.17) is 4.74 Å². The highest BCUT2D eigenvalue weighted by Crippen LogP contribution is 2.50. The van der Waals surface area contributed by atoms with E-state index in [-0.39, 0.29) is 0 Å². The van der Waals surface area contributed by atoms with Crippen LogP contribution < -0.4 is 9.64 Å². The Bertz CT molecular complexity index is 2930. The molecule has 11 rings (SSSR count). The lowest BCUT2D eigenvalue weighted by Gasteiger charge is -2.33. The van der Waals surface area contributed by atoms with E-state index in [1.165, 1.54) is 49.4 Å². The van der Waals surface area contributed by atoms with E-state index in [2.05, 4.69) is 190 Å². The first-order valence-corrected chi connectivity index (χ1v) is 18.3. The van der Waals surface area contributed by atoms with Gasteiger partial charge in [0.2, 0.25) is 0 Å². The van der Waals surface area contributed by atoms with Crippen LogP contribution in [0.1, 0.15) is 0 Å². The normalized spacial score (nSPS) is 12.2. The number of para-hydroxylation sites is 5. The Morgan fingerprint density at radius 2 is 0.963 bits per heavy atom. The van der Waals surface area contributed by atoms with Crippen molar-refractivity contribution in [3.8, 4) is 45.1 Å². The maximum absolute atomic E-state index is 6.35. The van der Waals surface area contributed by atoms with Crippen LogP contribution in [-0.4, -0.2) is 9.13 Å². The van der Waals surface area contributed by atoms with Crippen LogP contribution in [-0.2, 0) is 0 Å². The Kier molecular flexibility index (Phi) is 6.82. The molecule has 1 aliphatic heterocycles. The van der Waals surface area contributed by atoms with Crippen molar-refractivity contribution in [1.82, 2.24) is 9.13 Å². The van der Waals surface area contributed by atoms with Gasteiger partial charge in [0, 0.05) is 39.4 Å². The summed E-state index contributed by atoms with van der Waals surface area (Å²) >= 11 is 0. The standard InChI is InChI=1S/C50H33N3O/c1-3-14-34(15-4-1)36-30-37(35-16-5-2-6-17-35)32-40(31-36)51-29-28-43-44(51)27-26-42-41-20-7-8-21-45(41)53(50(42)43)39-19-13-18-38(33-39)52-46-22-9-11-24-48(46)54-49-25-12-10-23-47(49)52/h1-33H. The predicted octanol–water partition coefficient (Wildman–Crippen LogP) is 13.6. The minimum atomic E-state index is 0.841. The Hall–Kier alpha value is -7.30. The van der Waals surface area contributed by atoms with E-state index < -0.39 is 0 Å². The van der Waals surface area contributed by atoms with Crippen LogP contribution in [0.2, 0.25) is 0 Å². The summed E-state index contributed by atoms with van der Waals surface area (Å²) in [6.45, 7) is 0. The quantitative estimate of drug-likeness (QED) is 0.179. The average molecular weight is 692 g/mol. The maximum atomic E-state index is 6.35. The second kappa shape index (κ2) is 12.1. The molecule has 4 nitrogen and oxygen atoms in total. The number of nitrogens with zero attached hydrogens (tertiary/aromatic N) is 3. The zero-order valence-electron chi connectivity index (χ0n) is 29.3. The number of fused-ring (bicyclic) bond motifs is 7. The second-order valence-corrected chi connectivity index (χ2v) is 13.8. The van der Waals surface area contributed by atoms with Gasteiger partial charge < -0.3 is 18.8 Å². The molecular formula is C50H33N3O. The molecule has 4 heteroatoms. The zero-order valence-corrected chi connectivity index (χ0v) is 29.3. The van der Waals surface area contributed by atoms with Gasteiger partial charge in [0.05, 0.1) is 27.9 Å². The number of aromatic nitrogens is 2. The molecule has 0 N–H and O–H groups in total. The van der Waals surface area contributed by atoms with Crippen LogP contribution in [0.25, 0.3) is 66.3 Å². The Labute approximate surface area is 313 Å². The third kappa shape index (κ3) is 4.78. The molecule has 0 atom stereocenters. The molecule has 0 saturated heterocycles. The molecule has 0 saturated carbocycles. The van der Waals surface area contributed by atoms with Gasteiger partial charge in [-0.2, -0.15) is 0 Å². The van der Waals surface area contributed by atoms with Crippen LogP contribution in [0.15, 0.2) is 200 Å². The van der Waals surface area contributed by atoms with E-state index in [0.29, 0.717) is 0 Å². The van der Waals surface area contributed by atoms with E-state index in [0.717, 1.165) is 45.5 Å². The van der Waals surface area contributed by atoms with Crippen molar-refractivity contribution in [3.63, 3.8) is 0 Å². The fourth-order valence-corrected chi connectivity index (χ4v) is 8.27. The van der Waals surface area contributed by atoms with Crippen LogP contribution >= 0.6 is 0 Å². The largest absolute Gasteiger partial charge is 0.453 e. The fraction of sp³-hybridized carbons (Fsp3) is 0. The van der Waals surface area contributed by atoms with Gasteiger partial charge in [-0.05, 0) is 101 Å². The number of anilines is 3. The Morgan fingerprint density at radius 1 is 0.352 bits per heavy atom. The smallest absolute Gasteiger partial charge is 0.151 e. The highest BCUT2D eigenvalue weighted by atomic mass is 16.5. The van der Waals surface area contributed by atoms with Gasteiger partial charge in [0.25, 0.3) is 0 Å². The number of benzene rings is 8. The average Bonchev–Trinajstić information content (AvgIpc) is 3.83. The monoisotopic (exact) mass is 691 g/mol.